The first-order valence-corrected chi connectivity index (χ1v) is 5.68. The molecule has 0 aromatic heterocycles. The van der Waals surface area contributed by atoms with E-state index in [9.17, 15) is 14.7 Å². The number of rotatable bonds is 4. The van der Waals surface area contributed by atoms with Crippen LogP contribution in [0.1, 0.15) is 20.8 Å². The van der Waals surface area contributed by atoms with Gasteiger partial charge < -0.3 is 15.2 Å². The summed E-state index contributed by atoms with van der Waals surface area (Å²) >= 11 is 0. The van der Waals surface area contributed by atoms with Crippen molar-refractivity contribution >= 4 is 11.9 Å². The van der Waals surface area contributed by atoms with E-state index in [2.05, 4.69) is 5.32 Å². The Labute approximate surface area is 101 Å². The summed E-state index contributed by atoms with van der Waals surface area (Å²) in [6.45, 7) is 7.52. The molecule has 0 bridgehead atoms. The summed E-state index contributed by atoms with van der Waals surface area (Å²) in [5.41, 5.74) is -0.638. The number of ether oxygens (including phenoxy) is 1. The van der Waals surface area contributed by atoms with Gasteiger partial charge in [0.05, 0.1) is 13.2 Å². The predicted molar refractivity (Wildman–Crippen MR) is 61.7 cm³/mol. The van der Waals surface area contributed by atoms with Gasteiger partial charge >= 0.3 is 5.97 Å². The number of morpholine rings is 1. The van der Waals surface area contributed by atoms with Crippen LogP contribution in [0.25, 0.3) is 0 Å². The summed E-state index contributed by atoms with van der Waals surface area (Å²) in [5, 5.41) is 11.7. The van der Waals surface area contributed by atoms with Crippen LogP contribution in [0.5, 0.6) is 0 Å². The SMILES string of the molecule is CC(=O)NC(C(=O)O)C(C)(C)N1CCOCC1. The lowest BCUT2D eigenvalue weighted by Gasteiger charge is -2.44. The van der Waals surface area contributed by atoms with Crippen LogP contribution in [0.15, 0.2) is 0 Å². The number of carboxylic acids is 1. The molecule has 0 aliphatic carbocycles. The Morgan fingerprint density at radius 2 is 1.88 bits per heavy atom. The van der Waals surface area contributed by atoms with Crippen molar-refractivity contribution in [2.45, 2.75) is 32.4 Å². The molecule has 0 saturated carbocycles. The minimum Gasteiger partial charge on any atom is -0.480 e. The van der Waals surface area contributed by atoms with E-state index in [1.54, 1.807) is 0 Å². The van der Waals surface area contributed by atoms with Crippen LogP contribution in [-0.4, -0.2) is 59.8 Å². The monoisotopic (exact) mass is 244 g/mol. The lowest BCUT2D eigenvalue weighted by molar-refractivity contribution is -0.147. The number of aliphatic carboxylic acids is 1. The molecule has 98 valence electrons. The molecule has 1 amide bonds. The van der Waals surface area contributed by atoms with Gasteiger partial charge in [-0.25, -0.2) is 4.79 Å². The summed E-state index contributed by atoms with van der Waals surface area (Å²) in [5.74, 6) is -1.35. The third-order valence-electron chi connectivity index (χ3n) is 3.13. The maximum Gasteiger partial charge on any atom is 0.328 e. The second kappa shape index (κ2) is 5.46. The molecule has 1 aliphatic heterocycles. The van der Waals surface area contributed by atoms with E-state index in [4.69, 9.17) is 4.74 Å². The highest BCUT2D eigenvalue weighted by atomic mass is 16.5. The Bertz CT molecular complexity index is 298. The van der Waals surface area contributed by atoms with Crippen molar-refractivity contribution in [2.24, 2.45) is 0 Å². The number of hydrogen-bond donors (Lipinski definition) is 2. The topological polar surface area (TPSA) is 78.9 Å². The fraction of sp³-hybridized carbons (Fsp3) is 0.818. The maximum absolute atomic E-state index is 11.3. The molecule has 1 heterocycles. The second-order valence-corrected chi connectivity index (χ2v) is 4.72. The van der Waals surface area contributed by atoms with E-state index in [-0.39, 0.29) is 5.91 Å². The van der Waals surface area contributed by atoms with Crippen LogP contribution >= 0.6 is 0 Å². The Balaban J connectivity index is 2.81. The Morgan fingerprint density at radius 1 is 1.35 bits per heavy atom. The zero-order chi connectivity index (χ0) is 13.1. The number of amides is 1. The zero-order valence-corrected chi connectivity index (χ0v) is 10.5. The molecule has 0 radical (unpaired) electrons. The molecule has 1 unspecified atom stereocenters. The van der Waals surface area contributed by atoms with E-state index in [1.165, 1.54) is 6.92 Å². The summed E-state index contributed by atoms with van der Waals surface area (Å²) in [7, 11) is 0. The molecule has 1 aliphatic rings. The number of nitrogens with zero attached hydrogens (tertiary/aromatic N) is 1. The molecule has 0 aromatic carbocycles. The minimum atomic E-state index is -1.02. The molecule has 1 saturated heterocycles. The van der Waals surface area contributed by atoms with Gasteiger partial charge in [0.25, 0.3) is 0 Å². The van der Waals surface area contributed by atoms with Crippen LogP contribution in [0.3, 0.4) is 0 Å². The van der Waals surface area contributed by atoms with Gasteiger partial charge in [-0.05, 0) is 13.8 Å². The lowest BCUT2D eigenvalue weighted by Crippen LogP contribution is -2.63. The zero-order valence-electron chi connectivity index (χ0n) is 10.5. The van der Waals surface area contributed by atoms with E-state index < -0.39 is 17.6 Å². The molecule has 0 spiro atoms. The summed E-state index contributed by atoms with van der Waals surface area (Å²) in [4.78, 5) is 24.4. The van der Waals surface area contributed by atoms with Crippen molar-refractivity contribution in [3.05, 3.63) is 0 Å². The summed E-state index contributed by atoms with van der Waals surface area (Å²) in [6.07, 6.45) is 0. The third-order valence-corrected chi connectivity index (χ3v) is 3.13. The van der Waals surface area contributed by atoms with Gasteiger partial charge in [0.15, 0.2) is 0 Å². The smallest absolute Gasteiger partial charge is 0.328 e. The molecule has 1 fully saturated rings. The summed E-state index contributed by atoms with van der Waals surface area (Å²) < 4.78 is 5.24. The van der Waals surface area contributed by atoms with Crippen molar-refractivity contribution in [1.82, 2.24) is 10.2 Å². The first kappa shape index (κ1) is 13.9. The highest BCUT2D eigenvalue weighted by molar-refractivity contribution is 5.83. The number of nitrogens with one attached hydrogen (secondary N) is 1. The first-order valence-electron chi connectivity index (χ1n) is 5.68. The molecule has 1 rings (SSSR count). The van der Waals surface area contributed by atoms with Gasteiger partial charge in [-0.2, -0.15) is 0 Å². The maximum atomic E-state index is 11.3. The highest BCUT2D eigenvalue weighted by Gasteiger charge is 2.41. The standard InChI is InChI=1S/C11H20N2O4/c1-8(14)12-9(10(15)16)11(2,3)13-4-6-17-7-5-13/h9H,4-7H2,1-3H3,(H,12,14)(H,15,16). The van der Waals surface area contributed by atoms with Crippen molar-refractivity contribution in [1.29, 1.82) is 0 Å². The van der Waals surface area contributed by atoms with Crippen molar-refractivity contribution in [2.75, 3.05) is 26.3 Å². The molecule has 6 nitrogen and oxygen atoms in total. The first-order chi connectivity index (χ1) is 7.85. The van der Waals surface area contributed by atoms with Crippen LogP contribution in [0.4, 0.5) is 0 Å². The second-order valence-electron chi connectivity index (χ2n) is 4.72. The Morgan fingerprint density at radius 3 is 2.29 bits per heavy atom. The largest absolute Gasteiger partial charge is 0.480 e. The lowest BCUT2D eigenvalue weighted by atomic mass is 9.91. The quantitative estimate of drug-likeness (QED) is 0.709. The fourth-order valence-electron chi connectivity index (χ4n) is 2.07. The van der Waals surface area contributed by atoms with Crippen LogP contribution < -0.4 is 5.32 Å². The number of carbonyl (C=O) groups is 2. The molecule has 6 heteroatoms. The minimum absolute atomic E-state index is 0.335. The van der Waals surface area contributed by atoms with Gasteiger partial charge in [0.2, 0.25) is 5.91 Å². The Kier molecular flexibility index (Phi) is 4.47. The molecule has 17 heavy (non-hydrogen) atoms. The van der Waals surface area contributed by atoms with Gasteiger partial charge in [-0.1, -0.05) is 0 Å². The van der Waals surface area contributed by atoms with E-state index in [0.717, 1.165) is 0 Å². The molecular weight excluding hydrogens is 224 g/mol. The van der Waals surface area contributed by atoms with Crippen LogP contribution in [0.2, 0.25) is 0 Å². The average molecular weight is 244 g/mol. The van der Waals surface area contributed by atoms with Crippen LogP contribution in [-0.2, 0) is 14.3 Å². The van der Waals surface area contributed by atoms with Crippen molar-refractivity contribution < 1.29 is 19.4 Å². The van der Waals surface area contributed by atoms with Gasteiger partial charge in [0.1, 0.15) is 6.04 Å². The fourth-order valence-corrected chi connectivity index (χ4v) is 2.07. The molecule has 0 aromatic rings. The van der Waals surface area contributed by atoms with Crippen molar-refractivity contribution in [3.8, 4) is 0 Å². The third kappa shape index (κ3) is 3.41. The van der Waals surface area contributed by atoms with Gasteiger partial charge in [0, 0.05) is 25.6 Å². The van der Waals surface area contributed by atoms with Gasteiger partial charge in [-0.15, -0.1) is 0 Å². The van der Waals surface area contributed by atoms with Gasteiger partial charge in [-0.3, -0.25) is 9.69 Å². The van der Waals surface area contributed by atoms with E-state index >= 15 is 0 Å². The average Bonchev–Trinajstić information content (AvgIpc) is 2.26. The molecule has 2 N–H and O–H groups in total. The Hall–Kier alpha value is -1.14. The highest BCUT2D eigenvalue weighted by Crippen LogP contribution is 2.21. The van der Waals surface area contributed by atoms with Crippen molar-refractivity contribution in [3.63, 3.8) is 0 Å². The molecule has 1 atom stereocenters. The number of carboxylic acid groups (broad SMARTS) is 1. The predicted octanol–water partition coefficient (Wildman–Crippen LogP) is -0.313. The number of carbonyl (C=O) groups excluding carboxylic acids is 1. The van der Waals surface area contributed by atoms with Crippen LogP contribution in [0, 0.1) is 0 Å². The number of hydrogen-bond acceptors (Lipinski definition) is 4. The normalized spacial score (nSPS) is 19.7. The summed E-state index contributed by atoms with van der Waals surface area (Å²) in [6, 6.07) is -0.918. The molecular formula is C11H20N2O4. The van der Waals surface area contributed by atoms with E-state index in [0.29, 0.717) is 26.3 Å². The van der Waals surface area contributed by atoms with E-state index in [1.807, 2.05) is 18.7 Å².